The van der Waals surface area contributed by atoms with Crippen LogP contribution in [0.15, 0.2) is 10.3 Å². The molecule has 1 rings (SSSR count). The summed E-state index contributed by atoms with van der Waals surface area (Å²) in [6, 6.07) is 0. The van der Waals surface area contributed by atoms with Gasteiger partial charge < -0.3 is 9.84 Å². The highest BCUT2D eigenvalue weighted by molar-refractivity contribution is 7.89. The maximum Gasteiger partial charge on any atom is 0.244 e. The quantitative estimate of drug-likeness (QED) is 0.820. The van der Waals surface area contributed by atoms with E-state index < -0.39 is 10.0 Å². The Morgan fingerprint density at radius 2 is 2.17 bits per heavy atom. The number of nitrogens with zero attached hydrogens (tertiary/aromatic N) is 1. The summed E-state index contributed by atoms with van der Waals surface area (Å²) in [7, 11) is -2.01. The van der Waals surface area contributed by atoms with Crippen molar-refractivity contribution in [2.24, 2.45) is 0 Å². The molecule has 0 saturated heterocycles. The maximum absolute atomic E-state index is 12.5. The highest BCUT2D eigenvalue weighted by atomic mass is 32.2. The van der Waals surface area contributed by atoms with Crippen LogP contribution in [0.4, 0.5) is 0 Å². The third-order valence-corrected chi connectivity index (χ3v) is 6.05. The first-order valence-electron chi connectivity index (χ1n) is 5.65. The second-order valence-corrected chi connectivity index (χ2v) is 6.66. The monoisotopic (exact) mass is 293 g/mol. The van der Waals surface area contributed by atoms with Crippen LogP contribution in [0.5, 0.6) is 0 Å². The van der Waals surface area contributed by atoms with Gasteiger partial charge in [0.1, 0.15) is 4.90 Å². The molecule has 1 aromatic rings. The van der Waals surface area contributed by atoms with Crippen molar-refractivity contribution in [2.75, 3.05) is 26.8 Å². The molecule has 0 aliphatic carbocycles. The second-order valence-electron chi connectivity index (χ2n) is 3.82. The summed E-state index contributed by atoms with van der Waals surface area (Å²) in [4.78, 5) is 0.733. The number of aliphatic hydroxyl groups excluding tert-OH is 1. The molecule has 0 amide bonds. The molecule has 0 spiro atoms. The summed E-state index contributed by atoms with van der Waals surface area (Å²) >= 11 is 1.27. The fraction of sp³-hybridized carbons (Fsp3) is 0.636. The molecule has 0 atom stereocenters. The highest BCUT2D eigenvalue weighted by Crippen LogP contribution is 2.29. The van der Waals surface area contributed by atoms with Crippen LogP contribution < -0.4 is 0 Å². The number of aryl methyl sites for hydroxylation is 1. The number of hydrogen-bond donors (Lipinski definition) is 1. The van der Waals surface area contributed by atoms with Crippen molar-refractivity contribution in [3.63, 3.8) is 0 Å². The van der Waals surface area contributed by atoms with E-state index in [0.717, 1.165) is 0 Å². The molecule has 1 heterocycles. The van der Waals surface area contributed by atoms with Crippen molar-refractivity contribution < 1.29 is 18.3 Å². The van der Waals surface area contributed by atoms with Crippen LogP contribution in [0.2, 0.25) is 0 Å². The van der Waals surface area contributed by atoms with E-state index >= 15 is 0 Å². The van der Waals surface area contributed by atoms with E-state index in [1.807, 2.05) is 0 Å². The van der Waals surface area contributed by atoms with E-state index in [-0.39, 0.29) is 11.5 Å². The molecule has 0 saturated carbocycles. The standard InChI is InChI=1S/C11H19NO4S2/c1-4-12(5-6-16-3)18(14,15)11-9(2)8-17-10(11)7-13/h8,13H,4-7H2,1-3H3. The Morgan fingerprint density at radius 1 is 1.50 bits per heavy atom. The Kier molecular flexibility index (Phi) is 5.74. The van der Waals surface area contributed by atoms with E-state index in [4.69, 9.17) is 4.74 Å². The van der Waals surface area contributed by atoms with Crippen molar-refractivity contribution in [3.05, 3.63) is 15.8 Å². The predicted octanol–water partition coefficient (Wildman–Crippen LogP) is 1.21. The Labute approximate surface area is 112 Å². The van der Waals surface area contributed by atoms with Crippen LogP contribution in [-0.2, 0) is 21.4 Å². The average Bonchev–Trinajstić information content (AvgIpc) is 2.71. The first kappa shape index (κ1) is 15.6. The molecule has 0 radical (unpaired) electrons. The predicted molar refractivity (Wildman–Crippen MR) is 71.3 cm³/mol. The normalized spacial score (nSPS) is 12.3. The smallest absolute Gasteiger partial charge is 0.244 e. The minimum absolute atomic E-state index is 0.243. The van der Waals surface area contributed by atoms with Gasteiger partial charge >= 0.3 is 0 Å². The minimum atomic E-state index is -3.55. The summed E-state index contributed by atoms with van der Waals surface area (Å²) in [5.74, 6) is 0. The molecule has 1 aromatic heterocycles. The fourth-order valence-electron chi connectivity index (χ4n) is 1.71. The summed E-state index contributed by atoms with van der Waals surface area (Å²) in [5.41, 5.74) is 0.680. The first-order valence-corrected chi connectivity index (χ1v) is 7.97. The maximum atomic E-state index is 12.5. The van der Waals surface area contributed by atoms with Gasteiger partial charge in [-0.25, -0.2) is 8.42 Å². The van der Waals surface area contributed by atoms with Gasteiger partial charge in [0.15, 0.2) is 0 Å². The number of hydrogen-bond acceptors (Lipinski definition) is 5. The largest absolute Gasteiger partial charge is 0.391 e. The van der Waals surface area contributed by atoms with Gasteiger partial charge in [-0.2, -0.15) is 4.31 Å². The molecular formula is C11H19NO4S2. The number of ether oxygens (including phenoxy) is 1. The SMILES string of the molecule is CCN(CCOC)S(=O)(=O)c1c(C)csc1CO. The van der Waals surface area contributed by atoms with Crippen LogP contribution in [-0.4, -0.2) is 44.6 Å². The van der Waals surface area contributed by atoms with Gasteiger partial charge in [0.25, 0.3) is 0 Å². The zero-order valence-electron chi connectivity index (χ0n) is 10.8. The molecule has 0 aliphatic rings. The number of methoxy groups -OCH3 is 1. The van der Waals surface area contributed by atoms with Crippen molar-refractivity contribution in [1.82, 2.24) is 4.31 Å². The average molecular weight is 293 g/mol. The first-order chi connectivity index (χ1) is 8.48. The van der Waals surface area contributed by atoms with E-state index in [2.05, 4.69) is 0 Å². The lowest BCUT2D eigenvalue weighted by Crippen LogP contribution is -2.34. The van der Waals surface area contributed by atoms with Crippen LogP contribution in [0.1, 0.15) is 17.4 Å². The second kappa shape index (κ2) is 6.63. The lowest BCUT2D eigenvalue weighted by atomic mass is 10.3. The number of aliphatic hydroxyl groups is 1. The lowest BCUT2D eigenvalue weighted by Gasteiger charge is -2.20. The molecule has 0 fully saturated rings. The van der Waals surface area contributed by atoms with Gasteiger partial charge in [-0.05, 0) is 17.9 Å². The van der Waals surface area contributed by atoms with Gasteiger partial charge in [-0.3, -0.25) is 0 Å². The van der Waals surface area contributed by atoms with Crippen LogP contribution in [0.25, 0.3) is 0 Å². The van der Waals surface area contributed by atoms with E-state index in [0.29, 0.717) is 30.1 Å². The molecule has 0 bridgehead atoms. The molecule has 0 aliphatic heterocycles. The summed E-state index contributed by atoms with van der Waals surface area (Å²) in [6.45, 7) is 4.32. The van der Waals surface area contributed by atoms with Crippen LogP contribution >= 0.6 is 11.3 Å². The van der Waals surface area contributed by atoms with Gasteiger partial charge in [0, 0.05) is 20.2 Å². The number of likely N-dealkylation sites (N-methyl/N-ethyl adjacent to an activating group) is 1. The Morgan fingerprint density at radius 3 is 2.67 bits per heavy atom. The Bertz CT molecular complexity index is 481. The topological polar surface area (TPSA) is 66.8 Å². The summed E-state index contributed by atoms with van der Waals surface area (Å²) in [5, 5.41) is 11.0. The minimum Gasteiger partial charge on any atom is -0.391 e. The molecule has 5 nitrogen and oxygen atoms in total. The molecule has 104 valence electrons. The molecule has 0 aromatic carbocycles. The van der Waals surface area contributed by atoms with Crippen molar-refractivity contribution >= 4 is 21.4 Å². The van der Waals surface area contributed by atoms with E-state index in [9.17, 15) is 13.5 Å². The molecule has 0 unspecified atom stereocenters. The number of rotatable bonds is 7. The molecular weight excluding hydrogens is 274 g/mol. The third-order valence-electron chi connectivity index (χ3n) is 2.63. The molecule has 7 heteroatoms. The number of thiophene rings is 1. The van der Waals surface area contributed by atoms with Crippen LogP contribution in [0, 0.1) is 6.92 Å². The highest BCUT2D eigenvalue weighted by Gasteiger charge is 2.28. The van der Waals surface area contributed by atoms with Crippen LogP contribution in [0.3, 0.4) is 0 Å². The van der Waals surface area contributed by atoms with Gasteiger partial charge in [-0.1, -0.05) is 6.92 Å². The lowest BCUT2D eigenvalue weighted by molar-refractivity contribution is 0.180. The van der Waals surface area contributed by atoms with Gasteiger partial charge in [-0.15, -0.1) is 11.3 Å². The zero-order chi connectivity index (χ0) is 13.8. The summed E-state index contributed by atoms with van der Waals surface area (Å²) in [6.07, 6.45) is 0. The Hall–Kier alpha value is -0.470. The van der Waals surface area contributed by atoms with E-state index in [1.165, 1.54) is 22.8 Å². The van der Waals surface area contributed by atoms with Crippen molar-refractivity contribution in [1.29, 1.82) is 0 Å². The van der Waals surface area contributed by atoms with Crippen molar-refractivity contribution in [2.45, 2.75) is 25.3 Å². The molecule has 1 N–H and O–H groups in total. The van der Waals surface area contributed by atoms with Crippen molar-refractivity contribution in [3.8, 4) is 0 Å². The van der Waals surface area contributed by atoms with E-state index in [1.54, 1.807) is 19.2 Å². The van der Waals surface area contributed by atoms with Gasteiger partial charge in [0.05, 0.1) is 18.1 Å². The molecule has 18 heavy (non-hydrogen) atoms. The zero-order valence-corrected chi connectivity index (χ0v) is 12.5. The number of sulfonamides is 1. The summed E-state index contributed by atoms with van der Waals surface area (Å²) < 4.78 is 31.3. The third kappa shape index (κ3) is 3.10. The fourth-order valence-corrected chi connectivity index (χ4v) is 4.76. The Balaban J connectivity index is 3.14. The van der Waals surface area contributed by atoms with Gasteiger partial charge in [0.2, 0.25) is 10.0 Å².